The van der Waals surface area contributed by atoms with Crippen LogP contribution >= 0.6 is 0 Å². The maximum Gasteiger partial charge on any atom is 0.335 e. The molecule has 1 heterocycles. The van der Waals surface area contributed by atoms with Crippen LogP contribution in [0.15, 0.2) is 53.1 Å². The minimum Gasteiger partial charge on any atom is -0.497 e. The smallest absolute Gasteiger partial charge is 0.335 e. The van der Waals surface area contributed by atoms with Gasteiger partial charge in [-0.3, -0.25) is 0 Å². The van der Waals surface area contributed by atoms with E-state index in [1.807, 2.05) is 6.07 Å². The number of rotatable bonds is 5. The van der Waals surface area contributed by atoms with Crippen molar-refractivity contribution in [3.05, 3.63) is 54.3 Å². The molecule has 0 aliphatic rings. The first-order chi connectivity index (χ1) is 11.6. The Kier molecular flexibility index (Phi) is 4.20. The van der Waals surface area contributed by atoms with Crippen LogP contribution < -0.4 is 9.47 Å². The van der Waals surface area contributed by atoms with Crippen molar-refractivity contribution in [1.82, 2.24) is 4.98 Å². The SMILES string of the molecule is COc1ccc(-c2coc(-c3cccc(C(=O)O)c3)n2)c(OC)c1. The second-order valence-corrected chi connectivity index (χ2v) is 4.99. The lowest BCUT2D eigenvalue weighted by Gasteiger charge is -2.07. The van der Waals surface area contributed by atoms with E-state index in [-0.39, 0.29) is 5.56 Å². The lowest BCUT2D eigenvalue weighted by atomic mass is 10.1. The van der Waals surface area contributed by atoms with Gasteiger partial charge in [0.25, 0.3) is 0 Å². The standard InChI is InChI=1S/C18H15NO5/c1-22-13-6-7-14(16(9-13)23-2)15-10-24-17(19-15)11-4-3-5-12(8-11)18(20)21/h3-10H,1-2H3,(H,20,21). The van der Waals surface area contributed by atoms with Crippen LogP contribution in [0.4, 0.5) is 0 Å². The van der Waals surface area contributed by atoms with Crippen LogP contribution in [-0.2, 0) is 0 Å². The minimum atomic E-state index is -1.000. The maximum atomic E-state index is 11.1. The molecule has 6 nitrogen and oxygen atoms in total. The summed E-state index contributed by atoms with van der Waals surface area (Å²) in [5.41, 5.74) is 2.11. The molecule has 0 radical (unpaired) electrons. The average Bonchev–Trinajstić information content (AvgIpc) is 3.11. The van der Waals surface area contributed by atoms with Gasteiger partial charge in [-0.2, -0.15) is 0 Å². The number of aromatic nitrogens is 1. The molecule has 0 aliphatic heterocycles. The van der Waals surface area contributed by atoms with Crippen molar-refractivity contribution in [2.75, 3.05) is 14.2 Å². The number of carboxylic acids is 1. The zero-order chi connectivity index (χ0) is 17.1. The number of hydrogen-bond donors (Lipinski definition) is 1. The van der Waals surface area contributed by atoms with Crippen molar-refractivity contribution in [3.8, 4) is 34.2 Å². The van der Waals surface area contributed by atoms with Gasteiger partial charge in [-0.25, -0.2) is 9.78 Å². The van der Waals surface area contributed by atoms with Crippen LogP contribution in [0.5, 0.6) is 11.5 Å². The summed E-state index contributed by atoms with van der Waals surface area (Å²) in [6, 6.07) is 11.8. The summed E-state index contributed by atoms with van der Waals surface area (Å²) < 4.78 is 16.1. The maximum absolute atomic E-state index is 11.1. The first-order valence-electron chi connectivity index (χ1n) is 7.14. The number of hydrogen-bond acceptors (Lipinski definition) is 5. The Bertz CT molecular complexity index is 885. The summed E-state index contributed by atoms with van der Waals surface area (Å²) in [5.74, 6) is 0.619. The topological polar surface area (TPSA) is 81.8 Å². The Balaban J connectivity index is 1.99. The molecule has 2 aromatic carbocycles. The van der Waals surface area contributed by atoms with Crippen LogP contribution in [0.1, 0.15) is 10.4 Å². The third-order valence-corrected chi connectivity index (χ3v) is 3.55. The van der Waals surface area contributed by atoms with E-state index in [1.165, 1.54) is 18.4 Å². The summed E-state index contributed by atoms with van der Waals surface area (Å²) >= 11 is 0. The van der Waals surface area contributed by atoms with Crippen molar-refractivity contribution in [3.63, 3.8) is 0 Å². The predicted octanol–water partition coefficient (Wildman–Crippen LogP) is 3.72. The van der Waals surface area contributed by atoms with Crippen molar-refractivity contribution in [1.29, 1.82) is 0 Å². The van der Waals surface area contributed by atoms with E-state index < -0.39 is 5.97 Å². The number of benzene rings is 2. The highest BCUT2D eigenvalue weighted by Gasteiger charge is 2.14. The highest BCUT2D eigenvalue weighted by Crippen LogP contribution is 2.34. The molecule has 122 valence electrons. The largest absolute Gasteiger partial charge is 0.497 e. The Morgan fingerprint density at radius 2 is 1.96 bits per heavy atom. The summed E-state index contributed by atoms with van der Waals surface area (Å²) in [6.07, 6.45) is 1.51. The van der Waals surface area contributed by atoms with E-state index in [0.29, 0.717) is 28.6 Å². The summed E-state index contributed by atoms with van der Waals surface area (Å²) in [5, 5.41) is 9.08. The molecular weight excluding hydrogens is 310 g/mol. The minimum absolute atomic E-state index is 0.175. The molecular formula is C18H15NO5. The summed E-state index contributed by atoms with van der Waals surface area (Å²) in [6.45, 7) is 0. The first kappa shape index (κ1) is 15.6. The predicted molar refractivity (Wildman–Crippen MR) is 87.4 cm³/mol. The molecule has 0 atom stereocenters. The van der Waals surface area contributed by atoms with Gasteiger partial charge in [-0.05, 0) is 30.3 Å². The zero-order valence-corrected chi connectivity index (χ0v) is 13.1. The number of aromatic carboxylic acids is 1. The molecule has 0 bridgehead atoms. The van der Waals surface area contributed by atoms with Gasteiger partial charge in [0.1, 0.15) is 23.5 Å². The van der Waals surface area contributed by atoms with Gasteiger partial charge >= 0.3 is 5.97 Å². The molecule has 6 heteroatoms. The number of oxazole rings is 1. The second-order valence-electron chi connectivity index (χ2n) is 4.99. The van der Waals surface area contributed by atoms with Crippen LogP contribution in [0, 0.1) is 0 Å². The van der Waals surface area contributed by atoms with E-state index in [2.05, 4.69) is 4.98 Å². The van der Waals surface area contributed by atoms with Crippen LogP contribution in [0.25, 0.3) is 22.7 Å². The Labute approximate surface area is 138 Å². The monoisotopic (exact) mass is 325 g/mol. The highest BCUT2D eigenvalue weighted by atomic mass is 16.5. The molecule has 3 aromatic rings. The second kappa shape index (κ2) is 6.45. The van der Waals surface area contributed by atoms with Gasteiger partial charge < -0.3 is 19.0 Å². The number of nitrogens with zero attached hydrogens (tertiary/aromatic N) is 1. The summed E-state index contributed by atoms with van der Waals surface area (Å²) in [7, 11) is 3.15. The van der Waals surface area contributed by atoms with E-state index in [9.17, 15) is 4.79 Å². The van der Waals surface area contributed by atoms with Crippen molar-refractivity contribution in [2.24, 2.45) is 0 Å². The fourth-order valence-electron chi connectivity index (χ4n) is 2.33. The van der Waals surface area contributed by atoms with Crippen molar-refractivity contribution >= 4 is 5.97 Å². The van der Waals surface area contributed by atoms with Gasteiger partial charge in [0, 0.05) is 17.2 Å². The first-order valence-corrected chi connectivity index (χ1v) is 7.14. The molecule has 3 rings (SSSR count). The Morgan fingerprint density at radius 3 is 2.67 bits per heavy atom. The van der Waals surface area contributed by atoms with Gasteiger partial charge in [0.15, 0.2) is 0 Å². The van der Waals surface area contributed by atoms with Crippen LogP contribution in [-0.4, -0.2) is 30.3 Å². The van der Waals surface area contributed by atoms with Gasteiger partial charge in [0.2, 0.25) is 5.89 Å². The summed E-state index contributed by atoms with van der Waals surface area (Å²) in [4.78, 5) is 15.5. The number of methoxy groups -OCH3 is 2. The molecule has 0 aliphatic carbocycles. The van der Waals surface area contributed by atoms with E-state index in [1.54, 1.807) is 38.5 Å². The molecule has 0 spiro atoms. The third kappa shape index (κ3) is 2.94. The van der Waals surface area contributed by atoms with Crippen LogP contribution in [0.2, 0.25) is 0 Å². The van der Waals surface area contributed by atoms with E-state index >= 15 is 0 Å². The van der Waals surface area contributed by atoms with Crippen molar-refractivity contribution < 1.29 is 23.8 Å². The highest BCUT2D eigenvalue weighted by molar-refractivity contribution is 5.89. The fraction of sp³-hybridized carbons (Fsp3) is 0.111. The fourth-order valence-corrected chi connectivity index (χ4v) is 2.33. The van der Waals surface area contributed by atoms with Gasteiger partial charge in [0.05, 0.1) is 19.8 Å². The van der Waals surface area contributed by atoms with Crippen molar-refractivity contribution in [2.45, 2.75) is 0 Å². The molecule has 0 saturated carbocycles. The molecule has 0 fully saturated rings. The normalized spacial score (nSPS) is 10.4. The van der Waals surface area contributed by atoms with Gasteiger partial charge in [-0.1, -0.05) is 6.07 Å². The van der Waals surface area contributed by atoms with Gasteiger partial charge in [-0.15, -0.1) is 0 Å². The Morgan fingerprint density at radius 1 is 1.12 bits per heavy atom. The molecule has 1 N–H and O–H groups in total. The quantitative estimate of drug-likeness (QED) is 0.770. The number of carbonyl (C=O) groups is 1. The van der Waals surface area contributed by atoms with E-state index in [0.717, 1.165) is 5.56 Å². The van der Waals surface area contributed by atoms with E-state index in [4.69, 9.17) is 19.0 Å². The lowest BCUT2D eigenvalue weighted by Crippen LogP contribution is -1.95. The zero-order valence-electron chi connectivity index (χ0n) is 13.1. The molecule has 0 amide bonds. The molecule has 0 unspecified atom stereocenters. The lowest BCUT2D eigenvalue weighted by molar-refractivity contribution is 0.0697. The average molecular weight is 325 g/mol. The van der Waals surface area contributed by atoms with Crippen LogP contribution in [0.3, 0.4) is 0 Å². The molecule has 1 aromatic heterocycles. The third-order valence-electron chi connectivity index (χ3n) is 3.55. The Hall–Kier alpha value is -3.28. The molecule has 24 heavy (non-hydrogen) atoms. The number of carboxylic acid groups (broad SMARTS) is 1. The molecule has 0 saturated heterocycles. The number of ether oxygens (including phenoxy) is 2.